The predicted octanol–water partition coefficient (Wildman–Crippen LogP) is 2.15. The van der Waals surface area contributed by atoms with Gasteiger partial charge in [0.25, 0.3) is 5.91 Å². The number of carbonyl (C=O) groups is 1. The number of nitrogens with one attached hydrogen (secondary N) is 2. The summed E-state index contributed by atoms with van der Waals surface area (Å²) in [6.07, 6.45) is 6.34. The van der Waals surface area contributed by atoms with E-state index < -0.39 is 0 Å². The summed E-state index contributed by atoms with van der Waals surface area (Å²) in [7, 11) is 0. The zero-order chi connectivity index (χ0) is 18.1. The summed E-state index contributed by atoms with van der Waals surface area (Å²) in [6, 6.07) is 6.62. The van der Waals surface area contributed by atoms with Crippen LogP contribution in [0, 0.1) is 0 Å². The summed E-state index contributed by atoms with van der Waals surface area (Å²) in [5, 5.41) is 7.86. The molecule has 0 unspecified atom stereocenters. The van der Waals surface area contributed by atoms with Crippen molar-refractivity contribution in [2.75, 3.05) is 44.3 Å². The second-order valence-electron chi connectivity index (χ2n) is 7.25. The molecule has 1 fully saturated rings. The van der Waals surface area contributed by atoms with Gasteiger partial charge in [-0.2, -0.15) is 0 Å². The number of hydrogen-bond acceptors (Lipinski definition) is 4. The van der Waals surface area contributed by atoms with Crippen LogP contribution in [0.1, 0.15) is 30.2 Å². The van der Waals surface area contributed by atoms with Gasteiger partial charge in [-0.15, -0.1) is 0 Å². The van der Waals surface area contributed by atoms with Crippen LogP contribution in [0.15, 0.2) is 36.7 Å². The van der Waals surface area contributed by atoms with Crippen molar-refractivity contribution in [1.82, 2.24) is 20.1 Å². The molecule has 26 heavy (non-hydrogen) atoms. The predicted molar refractivity (Wildman–Crippen MR) is 106 cm³/mol. The molecule has 138 valence electrons. The minimum atomic E-state index is 0.125. The average molecular weight is 353 g/mol. The Bertz CT molecular complexity index is 832. The Balaban J connectivity index is 1.81. The van der Waals surface area contributed by atoms with Crippen LogP contribution in [0.25, 0.3) is 10.9 Å². The second kappa shape index (κ2) is 7.13. The van der Waals surface area contributed by atoms with Gasteiger partial charge in [0.1, 0.15) is 0 Å². The van der Waals surface area contributed by atoms with Gasteiger partial charge in [-0.1, -0.05) is 6.08 Å². The first kappa shape index (κ1) is 17.1. The first-order chi connectivity index (χ1) is 12.6. The molecule has 0 bridgehead atoms. The van der Waals surface area contributed by atoms with Crippen LogP contribution in [0.3, 0.4) is 0 Å². The molecule has 2 aromatic rings. The Morgan fingerprint density at radius 3 is 2.65 bits per heavy atom. The molecular weight excluding hydrogens is 326 g/mol. The lowest BCUT2D eigenvalue weighted by molar-refractivity contribution is 0.0736. The average Bonchev–Trinajstić information content (AvgIpc) is 3.12. The monoisotopic (exact) mass is 353 g/mol. The molecule has 1 aromatic heterocycles. The van der Waals surface area contributed by atoms with Crippen LogP contribution < -0.4 is 15.5 Å². The third kappa shape index (κ3) is 3.10. The smallest absolute Gasteiger partial charge is 0.254 e. The van der Waals surface area contributed by atoms with Crippen LogP contribution in [-0.2, 0) is 0 Å². The maximum atomic E-state index is 13.1. The van der Waals surface area contributed by atoms with Gasteiger partial charge in [0.2, 0.25) is 0 Å². The van der Waals surface area contributed by atoms with Crippen molar-refractivity contribution in [3.63, 3.8) is 0 Å². The lowest BCUT2D eigenvalue weighted by Gasteiger charge is -2.29. The third-order valence-electron chi connectivity index (χ3n) is 5.16. The molecule has 6 heteroatoms. The normalized spacial score (nSPS) is 18.1. The highest BCUT2D eigenvalue weighted by molar-refractivity contribution is 6.03. The number of benzene rings is 1. The largest absolute Gasteiger partial charge is 0.345 e. The minimum absolute atomic E-state index is 0.125. The minimum Gasteiger partial charge on any atom is -0.345 e. The van der Waals surface area contributed by atoms with Gasteiger partial charge in [-0.05, 0) is 32.0 Å². The van der Waals surface area contributed by atoms with Crippen LogP contribution in [0.4, 0.5) is 5.69 Å². The molecule has 3 heterocycles. The van der Waals surface area contributed by atoms with Crippen LogP contribution in [-0.4, -0.2) is 54.8 Å². The molecule has 0 aliphatic carbocycles. The lowest BCUT2D eigenvalue weighted by Crippen LogP contribution is -2.46. The molecule has 2 aliphatic heterocycles. The van der Waals surface area contributed by atoms with Gasteiger partial charge >= 0.3 is 0 Å². The number of anilines is 1. The molecule has 2 N–H and O–H groups in total. The molecule has 4 rings (SSSR count). The molecule has 6 nitrogen and oxygen atoms in total. The SMILES string of the molecule is CC(C)n1ccc2c(N3C=CCNC3)cc(C(=O)N3CCNCC3)cc21. The summed E-state index contributed by atoms with van der Waals surface area (Å²) in [5.74, 6) is 0.125. The van der Waals surface area contributed by atoms with E-state index >= 15 is 0 Å². The van der Waals surface area contributed by atoms with Crippen molar-refractivity contribution in [3.8, 4) is 0 Å². The Morgan fingerprint density at radius 2 is 1.96 bits per heavy atom. The number of piperazine rings is 1. The molecular formula is C20H27N5O. The maximum absolute atomic E-state index is 13.1. The van der Waals surface area contributed by atoms with E-state index in [0.717, 1.165) is 56.2 Å². The van der Waals surface area contributed by atoms with Crippen molar-refractivity contribution < 1.29 is 4.79 Å². The van der Waals surface area contributed by atoms with Crippen molar-refractivity contribution in [3.05, 3.63) is 42.2 Å². The molecule has 0 radical (unpaired) electrons. The number of nitrogens with zero attached hydrogens (tertiary/aromatic N) is 3. The summed E-state index contributed by atoms with van der Waals surface area (Å²) >= 11 is 0. The zero-order valence-corrected chi connectivity index (χ0v) is 15.5. The highest BCUT2D eigenvalue weighted by Gasteiger charge is 2.22. The van der Waals surface area contributed by atoms with Crippen molar-refractivity contribution in [2.45, 2.75) is 19.9 Å². The molecule has 0 saturated carbocycles. The topological polar surface area (TPSA) is 52.5 Å². The van der Waals surface area contributed by atoms with Crippen molar-refractivity contribution in [2.24, 2.45) is 0 Å². The summed E-state index contributed by atoms with van der Waals surface area (Å²) < 4.78 is 2.24. The Labute approximate surface area is 154 Å². The molecule has 0 atom stereocenters. The third-order valence-corrected chi connectivity index (χ3v) is 5.16. The Hall–Kier alpha value is -2.31. The number of fused-ring (bicyclic) bond motifs is 1. The van der Waals surface area contributed by atoms with Gasteiger partial charge in [0, 0.05) is 62.1 Å². The molecule has 1 saturated heterocycles. The first-order valence-electron chi connectivity index (χ1n) is 9.44. The van der Waals surface area contributed by atoms with Crippen molar-refractivity contribution >= 4 is 22.5 Å². The van der Waals surface area contributed by atoms with Gasteiger partial charge in [0.15, 0.2) is 0 Å². The van der Waals surface area contributed by atoms with Crippen molar-refractivity contribution in [1.29, 1.82) is 0 Å². The maximum Gasteiger partial charge on any atom is 0.254 e. The van der Waals surface area contributed by atoms with E-state index in [1.807, 2.05) is 4.90 Å². The van der Waals surface area contributed by atoms with E-state index in [4.69, 9.17) is 0 Å². The van der Waals surface area contributed by atoms with Gasteiger partial charge in [-0.25, -0.2) is 0 Å². The highest BCUT2D eigenvalue weighted by Crippen LogP contribution is 2.32. The van der Waals surface area contributed by atoms with E-state index in [1.54, 1.807) is 0 Å². The van der Waals surface area contributed by atoms with E-state index in [2.05, 4.69) is 70.6 Å². The van der Waals surface area contributed by atoms with E-state index in [9.17, 15) is 4.79 Å². The lowest BCUT2D eigenvalue weighted by atomic mass is 10.1. The van der Waals surface area contributed by atoms with Gasteiger partial charge in [0.05, 0.1) is 17.9 Å². The zero-order valence-electron chi connectivity index (χ0n) is 15.5. The van der Waals surface area contributed by atoms with Crippen LogP contribution in [0.5, 0.6) is 0 Å². The first-order valence-corrected chi connectivity index (χ1v) is 9.44. The molecule has 1 amide bonds. The fourth-order valence-corrected chi connectivity index (χ4v) is 3.77. The number of rotatable bonds is 3. The van der Waals surface area contributed by atoms with Crippen LogP contribution in [0.2, 0.25) is 0 Å². The van der Waals surface area contributed by atoms with Gasteiger partial charge < -0.3 is 19.7 Å². The van der Waals surface area contributed by atoms with E-state index in [-0.39, 0.29) is 5.91 Å². The Kier molecular flexibility index (Phi) is 4.70. The fourth-order valence-electron chi connectivity index (χ4n) is 3.77. The number of amides is 1. The molecule has 0 spiro atoms. The summed E-state index contributed by atoms with van der Waals surface area (Å²) in [5.41, 5.74) is 2.98. The number of aromatic nitrogens is 1. The standard InChI is InChI=1S/C20H27N5O/c1-15(2)25-9-4-17-18(24-8-3-5-22-14-24)12-16(13-19(17)25)20(26)23-10-6-21-7-11-23/h3-4,8-9,12-13,15,21-22H,5-7,10-11,14H2,1-2H3. The quantitative estimate of drug-likeness (QED) is 0.888. The number of carbonyl (C=O) groups excluding carboxylic acids is 1. The fraction of sp³-hybridized carbons (Fsp3) is 0.450. The summed E-state index contributed by atoms with van der Waals surface area (Å²) in [6.45, 7) is 9.24. The van der Waals surface area contributed by atoms with Crippen LogP contribution >= 0.6 is 0 Å². The number of hydrogen-bond donors (Lipinski definition) is 2. The molecule has 2 aliphatic rings. The van der Waals surface area contributed by atoms with Gasteiger partial charge in [-0.3, -0.25) is 10.1 Å². The molecule has 1 aromatic carbocycles. The van der Waals surface area contributed by atoms with E-state index in [1.165, 1.54) is 5.39 Å². The highest BCUT2D eigenvalue weighted by atomic mass is 16.2. The Morgan fingerprint density at radius 1 is 1.15 bits per heavy atom. The second-order valence-corrected chi connectivity index (χ2v) is 7.25. The summed E-state index contributed by atoms with van der Waals surface area (Å²) in [4.78, 5) is 17.3. The van der Waals surface area contributed by atoms with E-state index in [0.29, 0.717) is 6.04 Å².